The van der Waals surface area contributed by atoms with Gasteiger partial charge in [-0.05, 0) is 37.0 Å². The van der Waals surface area contributed by atoms with E-state index < -0.39 is 0 Å². The first-order valence-electron chi connectivity index (χ1n) is 6.49. The van der Waals surface area contributed by atoms with Crippen molar-refractivity contribution >= 4 is 5.69 Å². The van der Waals surface area contributed by atoms with E-state index in [0.717, 1.165) is 13.0 Å². The molecule has 3 N–H and O–H groups in total. The Morgan fingerprint density at radius 2 is 2.00 bits per heavy atom. The zero-order valence-electron chi connectivity index (χ0n) is 10.5. The number of aliphatic hydroxyl groups excluding tert-OH is 1. The van der Waals surface area contributed by atoms with Crippen LogP contribution in [0.4, 0.5) is 5.69 Å². The van der Waals surface area contributed by atoms with Crippen LogP contribution in [-0.4, -0.2) is 24.3 Å². The highest BCUT2D eigenvalue weighted by Gasteiger charge is 2.28. The average Bonchev–Trinajstić information content (AvgIpc) is 3.19. The quantitative estimate of drug-likeness (QED) is 0.792. The molecule has 3 heteroatoms. The lowest BCUT2D eigenvalue weighted by Crippen LogP contribution is -2.28. The maximum absolute atomic E-state index is 9.09. The number of nitrogens with zero attached hydrogens (tertiary/aromatic N) is 1. The van der Waals surface area contributed by atoms with Gasteiger partial charge < -0.3 is 15.7 Å². The molecule has 1 atom stereocenters. The predicted octanol–water partition coefficient (Wildman–Crippen LogP) is 2.06. The molecule has 3 nitrogen and oxygen atoms in total. The van der Waals surface area contributed by atoms with E-state index in [4.69, 9.17) is 10.8 Å². The minimum absolute atomic E-state index is 0.135. The molecule has 0 aliphatic heterocycles. The number of hydrogen-bond donors (Lipinski definition) is 2. The van der Waals surface area contributed by atoms with Crippen molar-refractivity contribution in [1.29, 1.82) is 0 Å². The molecular formula is C14H22N2O. The number of nitrogens with two attached hydrogens (primary N) is 1. The zero-order chi connectivity index (χ0) is 12.3. The molecule has 1 aromatic carbocycles. The van der Waals surface area contributed by atoms with Crippen LogP contribution in [0.2, 0.25) is 0 Å². The monoisotopic (exact) mass is 234 g/mol. The summed E-state index contributed by atoms with van der Waals surface area (Å²) in [7, 11) is 0. The Bertz CT molecular complexity index is 346. The van der Waals surface area contributed by atoms with Crippen LogP contribution in [0.1, 0.15) is 37.8 Å². The third-order valence-electron chi connectivity index (χ3n) is 3.42. The van der Waals surface area contributed by atoms with Crippen LogP contribution >= 0.6 is 0 Å². The molecule has 94 valence electrons. The topological polar surface area (TPSA) is 49.5 Å². The van der Waals surface area contributed by atoms with Gasteiger partial charge in [-0.25, -0.2) is 0 Å². The van der Waals surface area contributed by atoms with Gasteiger partial charge in [0.05, 0.1) is 6.61 Å². The van der Waals surface area contributed by atoms with E-state index in [-0.39, 0.29) is 12.6 Å². The van der Waals surface area contributed by atoms with Gasteiger partial charge in [0.2, 0.25) is 0 Å². The summed E-state index contributed by atoms with van der Waals surface area (Å²) in [4.78, 5) is 2.29. The number of benzene rings is 1. The minimum Gasteiger partial charge on any atom is -0.395 e. The molecule has 1 aliphatic carbocycles. The van der Waals surface area contributed by atoms with Gasteiger partial charge in [-0.2, -0.15) is 0 Å². The van der Waals surface area contributed by atoms with Crippen molar-refractivity contribution in [2.24, 2.45) is 5.73 Å². The highest BCUT2D eigenvalue weighted by Crippen LogP contribution is 2.31. The fourth-order valence-corrected chi connectivity index (χ4v) is 2.17. The Morgan fingerprint density at radius 1 is 1.35 bits per heavy atom. The SMILES string of the molecule is CC[C@H](N)c1ccc(N(CCO)C2CC2)cc1. The third-order valence-corrected chi connectivity index (χ3v) is 3.42. The van der Waals surface area contributed by atoms with Crippen molar-refractivity contribution in [3.8, 4) is 0 Å². The van der Waals surface area contributed by atoms with E-state index in [1.165, 1.54) is 24.1 Å². The molecule has 2 rings (SSSR count). The zero-order valence-corrected chi connectivity index (χ0v) is 10.5. The van der Waals surface area contributed by atoms with Gasteiger partial charge in [0.15, 0.2) is 0 Å². The average molecular weight is 234 g/mol. The summed E-state index contributed by atoms with van der Waals surface area (Å²) in [5, 5.41) is 9.09. The van der Waals surface area contributed by atoms with E-state index in [9.17, 15) is 0 Å². The van der Waals surface area contributed by atoms with E-state index in [0.29, 0.717) is 6.04 Å². The maximum Gasteiger partial charge on any atom is 0.0606 e. The summed E-state index contributed by atoms with van der Waals surface area (Å²) >= 11 is 0. The van der Waals surface area contributed by atoms with Crippen molar-refractivity contribution in [2.75, 3.05) is 18.1 Å². The summed E-state index contributed by atoms with van der Waals surface area (Å²) in [6.07, 6.45) is 3.45. The molecular weight excluding hydrogens is 212 g/mol. The van der Waals surface area contributed by atoms with Crippen molar-refractivity contribution in [3.63, 3.8) is 0 Å². The van der Waals surface area contributed by atoms with Gasteiger partial charge in [-0.1, -0.05) is 19.1 Å². The Kier molecular flexibility index (Phi) is 4.02. The first-order chi connectivity index (χ1) is 8.26. The lowest BCUT2D eigenvalue weighted by Gasteiger charge is -2.24. The standard InChI is InChI=1S/C14H22N2O/c1-2-14(15)11-3-5-12(6-4-11)16(9-10-17)13-7-8-13/h3-6,13-14,17H,2,7-10,15H2,1H3/t14-/m0/s1. The van der Waals surface area contributed by atoms with Crippen molar-refractivity contribution in [1.82, 2.24) is 0 Å². The van der Waals surface area contributed by atoms with Crippen molar-refractivity contribution in [2.45, 2.75) is 38.3 Å². The number of anilines is 1. The molecule has 1 aromatic rings. The summed E-state index contributed by atoms with van der Waals surface area (Å²) in [6.45, 7) is 3.04. The predicted molar refractivity (Wildman–Crippen MR) is 71.1 cm³/mol. The summed E-state index contributed by atoms with van der Waals surface area (Å²) in [5.41, 5.74) is 8.39. The van der Waals surface area contributed by atoms with Crippen LogP contribution < -0.4 is 10.6 Å². The normalized spacial score (nSPS) is 16.9. The molecule has 0 heterocycles. The molecule has 0 radical (unpaired) electrons. The van der Waals surface area contributed by atoms with Crippen molar-refractivity contribution < 1.29 is 5.11 Å². The first kappa shape index (κ1) is 12.4. The van der Waals surface area contributed by atoms with Gasteiger partial charge in [0.25, 0.3) is 0 Å². The van der Waals surface area contributed by atoms with Gasteiger partial charge >= 0.3 is 0 Å². The molecule has 1 saturated carbocycles. The summed E-state index contributed by atoms with van der Waals surface area (Å²) < 4.78 is 0. The minimum atomic E-state index is 0.135. The van der Waals surface area contributed by atoms with Gasteiger partial charge in [-0.3, -0.25) is 0 Å². The molecule has 0 aromatic heterocycles. The Balaban J connectivity index is 2.09. The molecule has 0 spiro atoms. The molecule has 1 fully saturated rings. The Hall–Kier alpha value is -1.06. The lowest BCUT2D eigenvalue weighted by atomic mass is 10.1. The number of rotatable bonds is 6. The fourth-order valence-electron chi connectivity index (χ4n) is 2.17. The largest absolute Gasteiger partial charge is 0.395 e. The smallest absolute Gasteiger partial charge is 0.0606 e. The summed E-state index contributed by atoms with van der Waals surface area (Å²) in [6, 6.07) is 9.23. The molecule has 0 amide bonds. The molecule has 1 aliphatic rings. The number of hydrogen-bond acceptors (Lipinski definition) is 3. The second kappa shape index (κ2) is 5.52. The maximum atomic E-state index is 9.09. The van der Waals surface area contributed by atoms with Crippen LogP contribution in [-0.2, 0) is 0 Å². The molecule has 0 unspecified atom stereocenters. The number of aliphatic hydroxyl groups is 1. The van der Waals surface area contributed by atoms with Crippen LogP contribution in [0, 0.1) is 0 Å². The van der Waals surface area contributed by atoms with Crippen LogP contribution in [0.5, 0.6) is 0 Å². The summed E-state index contributed by atoms with van der Waals surface area (Å²) in [5.74, 6) is 0. The molecule has 17 heavy (non-hydrogen) atoms. The molecule has 0 saturated heterocycles. The van der Waals surface area contributed by atoms with E-state index in [1.807, 2.05) is 0 Å². The van der Waals surface area contributed by atoms with Crippen molar-refractivity contribution in [3.05, 3.63) is 29.8 Å². The van der Waals surface area contributed by atoms with Crippen LogP contribution in [0.3, 0.4) is 0 Å². The fraction of sp³-hybridized carbons (Fsp3) is 0.571. The third kappa shape index (κ3) is 2.99. The highest BCUT2D eigenvalue weighted by molar-refractivity contribution is 5.50. The second-order valence-corrected chi connectivity index (χ2v) is 4.75. The first-order valence-corrected chi connectivity index (χ1v) is 6.49. The van der Waals surface area contributed by atoms with E-state index in [2.05, 4.69) is 36.1 Å². The van der Waals surface area contributed by atoms with E-state index in [1.54, 1.807) is 0 Å². The van der Waals surface area contributed by atoms with Crippen LogP contribution in [0.25, 0.3) is 0 Å². The molecule has 0 bridgehead atoms. The van der Waals surface area contributed by atoms with Gasteiger partial charge in [0.1, 0.15) is 0 Å². The van der Waals surface area contributed by atoms with Crippen LogP contribution in [0.15, 0.2) is 24.3 Å². The Labute approximate surface area is 103 Å². The highest BCUT2D eigenvalue weighted by atomic mass is 16.3. The second-order valence-electron chi connectivity index (χ2n) is 4.75. The Morgan fingerprint density at radius 3 is 2.47 bits per heavy atom. The van der Waals surface area contributed by atoms with Gasteiger partial charge in [0, 0.05) is 24.3 Å². The van der Waals surface area contributed by atoms with Gasteiger partial charge in [-0.15, -0.1) is 0 Å². The van der Waals surface area contributed by atoms with E-state index >= 15 is 0 Å². The lowest BCUT2D eigenvalue weighted by molar-refractivity contribution is 0.301.